The van der Waals surface area contributed by atoms with Crippen LogP contribution in [0.1, 0.15) is 67.7 Å². The number of carbonyl (C=O) groups excluding carboxylic acids is 5. The smallest absolute Gasteiger partial charge is 0.303 e. The van der Waals surface area contributed by atoms with Gasteiger partial charge in [0.25, 0.3) is 0 Å². The summed E-state index contributed by atoms with van der Waals surface area (Å²) in [5, 5.41) is 12.2. The van der Waals surface area contributed by atoms with Crippen molar-refractivity contribution in [3.05, 3.63) is 0 Å². The van der Waals surface area contributed by atoms with Gasteiger partial charge in [-0.1, -0.05) is 20.8 Å². The fraction of sp³-hybridized carbons (Fsp3) is 0.828. The molecule has 224 valence electrons. The molecule has 0 aromatic heterocycles. The quantitative estimate of drug-likeness (QED) is 0.371. The Balaban J connectivity index is 1.98. The van der Waals surface area contributed by atoms with Crippen molar-refractivity contribution in [1.29, 1.82) is 0 Å². The van der Waals surface area contributed by atoms with Crippen LogP contribution in [0.25, 0.3) is 0 Å². The summed E-state index contributed by atoms with van der Waals surface area (Å²) in [6, 6.07) is 0. The second-order valence-electron chi connectivity index (χ2n) is 13.0. The molecule has 4 aliphatic carbocycles. The van der Waals surface area contributed by atoms with Crippen LogP contribution in [0.15, 0.2) is 0 Å². The molecule has 0 unspecified atom stereocenters. The second-order valence-corrected chi connectivity index (χ2v) is 13.0. The number of methoxy groups -OCH3 is 1. The molecule has 11 nitrogen and oxygen atoms in total. The highest BCUT2D eigenvalue weighted by atomic mass is 16.6. The molecule has 40 heavy (non-hydrogen) atoms. The van der Waals surface area contributed by atoms with E-state index < -0.39 is 88.4 Å². The minimum Gasteiger partial charge on any atom is -0.462 e. The van der Waals surface area contributed by atoms with Crippen molar-refractivity contribution >= 4 is 29.7 Å². The summed E-state index contributed by atoms with van der Waals surface area (Å²) in [6.07, 6.45) is -4.30. The lowest BCUT2D eigenvalue weighted by molar-refractivity contribution is -0.299. The van der Waals surface area contributed by atoms with Crippen molar-refractivity contribution in [2.75, 3.05) is 13.7 Å². The third kappa shape index (κ3) is 4.53. The topological polar surface area (TPSA) is 152 Å². The van der Waals surface area contributed by atoms with Gasteiger partial charge in [-0.15, -0.1) is 0 Å². The summed E-state index contributed by atoms with van der Waals surface area (Å²) in [6.45, 7) is 10.8. The van der Waals surface area contributed by atoms with Gasteiger partial charge in [0, 0.05) is 58.0 Å². The Morgan fingerprint density at radius 2 is 1.38 bits per heavy atom. The number of aliphatic hydroxyl groups is 1. The fourth-order valence-electron chi connectivity index (χ4n) is 9.53. The molecule has 0 heterocycles. The monoisotopic (exact) mass is 566 g/mol. The normalized spacial score (nSPS) is 43.1. The van der Waals surface area contributed by atoms with Gasteiger partial charge >= 0.3 is 23.9 Å². The molecule has 0 amide bonds. The van der Waals surface area contributed by atoms with Crippen molar-refractivity contribution in [2.45, 2.75) is 98.2 Å². The van der Waals surface area contributed by atoms with Gasteiger partial charge in [0.2, 0.25) is 0 Å². The zero-order valence-corrected chi connectivity index (χ0v) is 24.6. The third-order valence-electron chi connectivity index (χ3n) is 10.1. The largest absolute Gasteiger partial charge is 0.462 e. The second kappa shape index (κ2) is 10.4. The highest BCUT2D eigenvalue weighted by molar-refractivity contribution is 5.92. The average molecular weight is 567 g/mol. The molecule has 2 bridgehead atoms. The van der Waals surface area contributed by atoms with E-state index in [4.69, 9.17) is 23.7 Å². The molecule has 1 N–H and O–H groups in total. The Morgan fingerprint density at radius 3 is 1.90 bits per heavy atom. The first-order chi connectivity index (χ1) is 18.5. The number of ketones is 1. The maximum absolute atomic E-state index is 14.4. The van der Waals surface area contributed by atoms with E-state index in [1.54, 1.807) is 0 Å². The predicted octanol–water partition coefficient (Wildman–Crippen LogP) is 2.00. The van der Waals surface area contributed by atoms with E-state index in [0.29, 0.717) is 12.8 Å². The Hall–Kier alpha value is -2.53. The summed E-state index contributed by atoms with van der Waals surface area (Å²) in [7, 11) is 1.51. The first-order valence-corrected chi connectivity index (χ1v) is 13.9. The van der Waals surface area contributed by atoms with E-state index >= 15 is 0 Å². The van der Waals surface area contributed by atoms with Crippen molar-refractivity contribution in [2.24, 2.45) is 39.9 Å². The van der Waals surface area contributed by atoms with E-state index in [2.05, 4.69) is 0 Å². The van der Waals surface area contributed by atoms with Gasteiger partial charge in [-0.25, -0.2) is 0 Å². The first kappa shape index (κ1) is 30.4. The number of Topliss-reactive ketones (excluding diaryl/α,β-unsaturated/α-hetero) is 1. The standard InChI is InChI=1S/C29H42O11/c1-13(30)37-19-9-17-10-29(24(34)18(17)12-36-8)22(19)28(7)11-20(38-14(2)31)26(40-16(4)33)27(5,6)23(28)21(25(29)35)39-15(3)32/h17-23,25-26,35H,9-12H2,1-8H3/t17-,18+,19+,20+,21-,22+,23-,25+,26+,28+,29+/m1/s1. The van der Waals surface area contributed by atoms with Gasteiger partial charge in [-0.05, 0) is 30.6 Å². The summed E-state index contributed by atoms with van der Waals surface area (Å²) >= 11 is 0. The van der Waals surface area contributed by atoms with Gasteiger partial charge in [0.1, 0.15) is 36.3 Å². The van der Waals surface area contributed by atoms with Gasteiger partial charge in [0.15, 0.2) is 0 Å². The molecule has 0 radical (unpaired) electrons. The van der Waals surface area contributed by atoms with Gasteiger partial charge in [-0.2, -0.15) is 0 Å². The molecule has 0 aromatic carbocycles. The number of ether oxygens (including phenoxy) is 5. The molecule has 4 fully saturated rings. The van der Waals surface area contributed by atoms with Crippen LogP contribution >= 0.6 is 0 Å². The molecule has 11 atom stereocenters. The molecular formula is C29H42O11. The minimum atomic E-state index is -1.42. The number of esters is 4. The Morgan fingerprint density at radius 1 is 0.825 bits per heavy atom. The van der Waals surface area contributed by atoms with Crippen LogP contribution in [0.2, 0.25) is 0 Å². The summed E-state index contributed by atoms with van der Waals surface area (Å²) in [5.41, 5.74) is -3.39. The van der Waals surface area contributed by atoms with Crippen LogP contribution in [0.4, 0.5) is 0 Å². The van der Waals surface area contributed by atoms with E-state index in [-0.39, 0.29) is 24.7 Å². The number of rotatable bonds is 6. The zero-order valence-electron chi connectivity index (χ0n) is 24.6. The van der Waals surface area contributed by atoms with Crippen LogP contribution in [0, 0.1) is 39.9 Å². The lowest BCUT2D eigenvalue weighted by Gasteiger charge is -2.68. The zero-order chi connectivity index (χ0) is 29.9. The number of aliphatic hydroxyl groups excluding tert-OH is 1. The van der Waals surface area contributed by atoms with E-state index in [1.807, 2.05) is 20.8 Å². The molecule has 0 saturated heterocycles. The molecular weight excluding hydrogens is 524 g/mol. The van der Waals surface area contributed by atoms with Gasteiger partial charge in [-0.3, -0.25) is 24.0 Å². The average Bonchev–Trinajstić information content (AvgIpc) is 3.00. The molecule has 0 aromatic rings. The van der Waals surface area contributed by atoms with Crippen LogP contribution in [0.3, 0.4) is 0 Å². The number of carbonyl (C=O) groups is 5. The summed E-state index contributed by atoms with van der Waals surface area (Å²) in [5.74, 6) is -4.61. The van der Waals surface area contributed by atoms with E-state index in [9.17, 15) is 29.1 Å². The maximum atomic E-state index is 14.4. The summed E-state index contributed by atoms with van der Waals surface area (Å²) in [4.78, 5) is 63.7. The highest BCUT2D eigenvalue weighted by Crippen LogP contribution is 2.72. The van der Waals surface area contributed by atoms with Crippen molar-refractivity contribution in [3.8, 4) is 0 Å². The van der Waals surface area contributed by atoms with E-state index in [0.717, 1.165) is 0 Å². The molecule has 4 aliphatic rings. The lowest BCUT2D eigenvalue weighted by atomic mass is 9.38. The first-order valence-electron chi connectivity index (χ1n) is 13.9. The van der Waals surface area contributed by atoms with Crippen molar-refractivity contribution < 1.29 is 52.8 Å². The van der Waals surface area contributed by atoms with Crippen LogP contribution in [0.5, 0.6) is 0 Å². The van der Waals surface area contributed by atoms with Crippen molar-refractivity contribution in [3.63, 3.8) is 0 Å². The van der Waals surface area contributed by atoms with Crippen molar-refractivity contribution in [1.82, 2.24) is 0 Å². The fourth-order valence-corrected chi connectivity index (χ4v) is 9.53. The number of hydrogen-bond acceptors (Lipinski definition) is 11. The molecule has 11 heteroatoms. The van der Waals surface area contributed by atoms with Crippen LogP contribution < -0.4 is 0 Å². The molecule has 4 rings (SSSR count). The van der Waals surface area contributed by atoms with Gasteiger partial charge in [0.05, 0.1) is 12.0 Å². The van der Waals surface area contributed by atoms with E-state index in [1.165, 1.54) is 34.8 Å². The predicted molar refractivity (Wildman–Crippen MR) is 137 cm³/mol. The Labute approximate surface area is 234 Å². The Bertz CT molecular complexity index is 1080. The van der Waals surface area contributed by atoms with Gasteiger partial charge < -0.3 is 28.8 Å². The van der Waals surface area contributed by atoms with Crippen LogP contribution in [-0.2, 0) is 47.7 Å². The lowest BCUT2D eigenvalue weighted by Crippen LogP contribution is -2.75. The SMILES string of the molecule is COC[C@@H]1C(=O)[C@]23C[C@H]1C[C@H](OC(C)=O)[C@H]2[C@]1(C)C[C@H](OC(C)=O)[C@H](OC(C)=O)C(C)(C)[C@H]1[C@@H](OC(C)=O)[C@@H]3O. The third-order valence-corrected chi connectivity index (χ3v) is 10.1. The molecule has 1 spiro atoms. The summed E-state index contributed by atoms with van der Waals surface area (Å²) < 4.78 is 28.7. The maximum Gasteiger partial charge on any atom is 0.303 e. The van der Waals surface area contributed by atoms with Crippen LogP contribution in [-0.4, -0.2) is 79.0 Å². The Kier molecular flexibility index (Phi) is 7.90. The molecule has 0 aliphatic heterocycles. The highest BCUT2D eigenvalue weighted by Gasteiger charge is 2.79. The molecule has 4 saturated carbocycles. The minimum absolute atomic E-state index is 0.125. The number of hydrogen-bond donors (Lipinski definition) is 1. The number of fused-ring (bicyclic) bond motifs is 3.